The minimum Gasteiger partial charge on any atom is -0.394 e. The second kappa shape index (κ2) is 61.0. The lowest BCUT2D eigenvalue weighted by Gasteiger charge is -2.46. The number of hydrogen-bond acceptors (Lipinski definition) is 13. The second-order valence-electron chi connectivity index (χ2n) is 24.3. The Labute approximate surface area is 562 Å². The van der Waals surface area contributed by atoms with Gasteiger partial charge in [0.25, 0.3) is 0 Å². The van der Waals surface area contributed by atoms with Crippen LogP contribution in [0.2, 0.25) is 0 Å². The molecule has 1 amide bonds. The molecule has 2 saturated heterocycles. The standard InChI is InChI=1S/C79H127NO13/c1-3-5-7-9-11-13-15-17-19-21-23-25-26-27-28-29-30-31-32-33-34-35-36-37-38-39-40-41-42-43-45-47-49-51-53-55-57-59-61-63-71(84)80-67(68(83)62-60-58-56-54-52-50-48-46-44-24-22-20-18-16-14-12-10-8-6-4-2)66-90-78-76(89)74(87)77(70(65-82)92-78)93-79-75(88)73(86)72(85)69(64-81)91-79/h5,7,11,13,17,19,23,25,27-28,30-31,33-34,36-37,39-40,42-43,47,49,52-55,60,62,67-70,72-79,81-83,85-89H,3-4,6,8-10,12,14-16,18,20-22,24,26,29,32,35,38,41,44-46,48,50-51,56-59,61,63-66H2,1-2H3,(H,80,84)/b7-5-,13-11-,19-17-,25-23-,28-27-,31-30-,34-33-,37-36-,40-39-,43-42-,49-47-,54-52+,55-53-,62-60+. The van der Waals surface area contributed by atoms with E-state index < -0.39 is 86.8 Å². The molecule has 2 aliphatic rings. The topological polar surface area (TPSA) is 228 Å². The Kier molecular flexibility index (Phi) is 55.4. The summed E-state index contributed by atoms with van der Waals surface area (Å²) in [6, 6.07) is -0.969. The molecule has 0 radical (unpaired) electrons. The van der Waals surface area contributed by atoms with Crippen molar-refractivity contribution in [2.45, 2.75) is 299 Å². The Balaban J connectivity index is 1.70. The monoisotopic (exact) mass is 1300 g/mol. The van der Waals surface area contributed by atoms with E-state index in [0.717, 1.165) is 103 Å². The average Bonchev–Trinajstić information content (AvgIpc) is 0.854. The van der Waals surface area contributed by atoms with Gasteiger partial charge in [-0.3, -0.25) is 4.79 Å². The van der Waals surface area contributed by atoms with Crippen molar-refractivity contribution in [1.82, 2.24) is 5.32 Å². The SMILES string of the molecule is CC/C=C\C/C=C\C/C=C\C/C=C\C/C=C\C/C=C\C/C=C\C/C=C\C/C=C\C/C=C\C/C=C\C/C=C\CCCCC(=O)NC(COC1OC(CO)C(OC2OC(CO)C(O)C(O)C2O)C(O)C1O)C(O)/C=C/CC/C=C/CCCCCCCCCCCCCCCC. The first-order valence-corrected chi connectivity index (χ1v) is 35.9. The lowest BCUT2D eigenvalue weighted by Crippen LogP contribution is -2.65. The zero-order valence-corrected chi connectivity index (χ0v) is 57.2. The summed E-state index contributed by atoms with van der Waals surface area (Å²) in [4.78, 5) is 13.3. The van der Waals surface area contributed by atoms with Gasteiger partial charge in [-0.25, -0.2) is 0 Å². The number of amides is 1. The van der Waals surface area contributed by atoms with E-state index >= 15 is 0 Å². The Hall–Kier alpha value is -4.65. The Morgan fingerprint density at radius 3 is 1.18 bits per heavy atom. The lowest BCUT2D eigenvalue weighted by atomic mass is 9.97. The molecule has 0 aliphatic carbocycles. The highest BCUT2D eigenvalue weighted by Gasteiger charge is 2.51. The molecule has 9 N–H and O–H groups in total. The van der Waals surface area contributed by atoms with Crippen molar-refractivity contribution in [3.8, 4) is 0 Å². The molecule has 2 fully saturated rings. The second-order valence-corrected chi connectivity index (χ2v) is 24.3. The van der Waals surface area contributed by atoms with E-state index in [1.807, 2.05) is 6.08 Å². The maximum absolute atomic E-state index is 13.3. The molecular formula is C79H127NO13. The van der Waals surface area contributed by atoms with Crippen molar-refractivity contribution in [2.75, 3.05) is 19.8 Å². The maximum atomic E-state index is 13.3. The quantitative estimate of drug-likeness (QED) is 0.0204. The van der Waals surface area contributed by atoms with Crippen LogP contribution >= 0.6 is 0 Å². The van der Waals surface area contributed by atoms with Gasteiger partial charge in [0, 0.05) is 6.42 Å². The number of aliphatic hydroxyl groups is 8. The van der Waals surface area contributed by atoms with Crippen LogP contribution in [0.4, 0.5) is 0 Å². The predicted octanol–water partition coefficient (Wildman–Crippen LogP) is 15.2. The fraction of sp³-hybridized carbons (Fsp3) is 0.633. The molecule has 93 heavy (non-hydrogen) atoms. The van der Waals surface area contributed by atoms with Crippen molar-refractivity contribution < 1.29 is 64.6 Å². The lowest BCUT2D eigenvalue weighted by molar-refractivity contribution is -0.359. The van der Waals surface area contributed by atoms with E-state index in [9.17, 15) is 45.6 Å². The van der Waals surface area contributed by atoms with Gasteiger partial charge in [-0.15, -0.1) is 0 Å². The van der Waals surface area contributed by atoms with E-state index in [1.54, 1.807) is 6.08 Å². The zero-order valence-electron chi connectivity index (χ0n) is 57.2. The third kappa shape index (κ3) is 44.7. The van der Waals surface area contributed by atoms with Crippen molar-refractivity contribution in [1.29, 1.82) is 0 Å². The normalized spacial score (nSPS) is 23.6. The van der Waals surface area contributed by atoms with Crippen molar-refractivity contribution in [3.63, 3.8) is 0 Å². The first-order valence-electron chi connectivity index (χ1n) is 35.9. The van der Waals surface area contributed by atoms with Gasteiger partial charge in [-0.1, -0.05) is 267 Å². The molecule has 526 valence electrons. The molecule has 0 bridgehead atoms. The number of hydrogen-bond donors (Lipinski definition) is 9. The summed E-state index contributed by atoms with van der Waals surface area (Å²) < 4.78 is 22.8. The summed E-state index contributed by atoms with van der Waals surface area (Å²) in [6.45, 7) is 2.63. The Morgan fingerprint density at radius 2 is 0.753 bits per heavy atom. The number of allylic oxidation sites excluding steroid dienone is 27. The van der Waals surface area contributed by atoms with Crippen molar-refractivity contribution in [2.24, 2.45) is 0 Å². The number of ether oxygens (including phenoxy) is 4. The van der Waals surface area contributed by atoms with Gasteiger partial charge in [0.1, 0.15) is 48.8 Å². The molecule has 0 saturated carbocycles. The van der Waals surface area contributed by atoms with E-state index in [-0.39, 0.29) is 18.9 Å². The average molecular weight is 1300 g/mol. The van der Waals surface area contributed by atoms with Crippen LogP contribution in [-0.2, 0) is 23.7 Å². The van der Waals surface area contributed by atoms with Gasteiger partial charge in [0.2, 0.25) is 5.91 Å². The van der Waals surface area contributed by atoms with Crippen molar-refractivity contribution >= 4 is 5.91 Å². The smallest absolute Gasteiger partial charge is 0.220 e. The molecule has 2 aliphatic heterocycles. The Bertz CT molecular complexity index is 2220. The van der Waals surface area contributed by atoms with Crippen LogP contribution in [0.1, 0.15) is 226 Å². The van der Waals surface area contributed by atoms with Crippen LogP contribution in [-0.4, -0.2) is 140 Å². The molecule has 14 nitrogen and oxygen atoms in total. The van der Waals surface area contributed by atoms with Gasteiger partial charge < -0.3 is 65.1 Å². The van der Waals surface area contributed by atoms with Crippen LogP contribution in [0.15, 0.2) is 170 Å². The summed E-state index contributed by atoms with van der Waals surface area (Å²) in [7, 11) is 0. The summed E-state index contributed by atoms with van der Waals surface area (Å²) in [6.07, 6.45) is 78.4. The molecule has 2 heterocycles. The largest absolute Gasteiger partial charge is 0.394 e. The first-order chi connectivity index (χ1) is 45.6. The van der Waals surface area contributed by atoms with E-state index in [2.05, 4.69) is 177 Å². The molecule has 14 heteroatoms. The fourth-order valence-electron chi connectivity index (χ4n) is 10.5. The van der Waals surface area contributed by atoms with Gasteiger partial charge in [-0.05, 0) is 122 Å². The van der Waals surface area contributed by atoms with E-state index in [0.29, 0.717) is 12.8 Å². The van der Waals surface area contributed by atoms with Crippen LogP contribution in [0, 0.1) is 0 Å². The predicted molar refractivity (Wildman–Crippen MR) is 382 cm³/mol. The Morgan fingerprint density at radius 1 is 0.398 bits per heavy atom. The maximum Gasteiger partial charge on any atom is 0.220 e. The summed E-state index contributed by atoms with van der Waals surface area (Å²) >= 11 is 0. The molecule has 0 spiro atoms. The number of aliphatic hydroxyl groups excluding tert-OH is 8. The van der Waals surface area contributed by atoms with Gasteiger partial charge in [-0.2, -0.15) is 0 Å². The highest BCUT2D eigenvalue weighted by molar-refractivity contribution is 5.76. The van der Waals surface area contributed by atoms with Crippen molar-refractivity contribution in [3.05, 3.63) is 170 Å². The third-order valence-corrected chi connectivity index (χ3v) is 16.1. The van der Waals surface area contributed by atoms with Crippen LogP contribution in [0.25, 0.3) is 0 Å². The minimum atomic E-state index is -1.80. The van der Waals surface area contributed by atoms with Gasteiger partial charge in [0.05, 0.1) is 32.0 Å². The molecule has 0 aromatic rings. The molecule has 2 rings (SSSR count). The molecule has 12 unspecified atom stereocenters. The zero-order chi connectivity index (χ0) is 67.3. The van der Waals surface area contributed by atoms with E-state index in [1.165, 1.54) is 89.9 Å². The van der Waals surface area contributed by atoms with E-state index in [4.69, 9.17) is 18.9 Å². The number of nitrogens with one attached hydrogen (secondary N) is 1. The summed E-state index contributed by atoms with van der Waals surface area (Å²) in [5, 5.41) is 87.3. The number of rotatable bonds is 56. The summed E-state index contributed by atoms with van der Waals surface area (Å²) in [5.74, 6) is -0.298. The molecule has 0 aromatic heterocycles. The minimum absolute atomic E-state index is 0.207. The highest BCUT2D eigenvalue weighted by Crippen LogP contribution is 2.30. The van der Waals surface area contributed by atoms with Crippen LogP contribution in [0.3, 0.4) is 0 Å². The fourth-order valence-corrected chi connectivity index (χ4v) is 10.5. The molecule has 0 aromatic carbocycles. The van der Waals surface area contributed by atoms with Gasteiger partial charge in [0.15, 0.2) is 12.6 Å². The number of unbranched alkanes of at least 4 members (excludes halogenated alkanes) is 17. The summed E-state index contributed by atoms with van der Waals surface area (Å²) in [5.41, 5.74) is 0. The highest BCUT2D eigenvalue weighted by atomic mass is 16.7. The van der Waals surface area contributed by atoms with Gasteiger partial charge >= 0.3 is 0 Å². The molecular weight excluding hydrogens is 1170 g/mol. The number of carbonyl (C=O) groups is 1. The van der Waals surface area contributed by atoms with Crippen LogP contribution < -0.4 is 5.32 Å². The van der Waals surface area contributed by atoms with Crippen LogP contribution in [0.5, 0.6) is 0 Å². The first kappa shape index (κ1) is 84.4. The number of carbonyl (C=O) groups excluding carboxylic acids is 1. The third-order valence-electron chi connectivity index (χ3n) is 16.1. The molecule has 12 atom stereocenters.